The topological polar surface area (TPSA) is 272 Å². The van der Waals surface area contributed by atoms with Crippen LogP contribution in [0.3, 0.4) is 0 Å². The molecule has 0 spiro atoms. The standard InChI is InChI=1S/C32H38N4O13/c37-13-31(14-38,15-39)34-27(44)5-7-36(8-6-28(45)35-32(16-40,17-41)18-42)19-1-4-23-25(9-19)49-26-11-24(43)21-3-2-20(48-12-29(46)47)10-22(21)30(26)33-23/h1-4,9-11,37-42H,5-8,12-18H2,(H,34,44)(H,35,45)(H,46,47). The number of fused-ring (bicyclic) bond motifs is 4. The molecule has 9 N–H and O–H groups in total. The van der Waals surface area contributed by atoms with Crippen molar-refractivity contribution >= 4 is 45.3 Å². The monoisotopic (exact) mass is 686 g/mol. The van der Waals surface area contributed by atoms with E-state index in [1.165, 1.54) is 24.3 Å². The highest BCUT2D eigenvalue weighted by Crippen LogP contribution is 2.33. The molecule has 1 aliphatic carbocycles. The van der Waals surface area contributed by atoms with Crippen LogP contribution in [-0.4, -0.2) is 129 Å². The van der Waals surface area contributed by atoms with E-state index in [9.17, 15) is 49.8 Å². The lowest BCUT2D eigenvalue weighted by Gasteiger charge is -2.31. The molecule has 0 atom stereocenters. The smallest absolute Gasteiger partial charge is 0.341 e. The molecule has 2 aliphatic rings. The molecule has 0 saturated carbocycles. The summed E-state index contributed by atoms with van der Waals surface area (Å²) in [6.07, 6.45) is -0.416. The third-order valence-electron chi connectivity index (χ3n) is 7.97. The number of benzene rings is 3. The van der Waals surface area contributed by atoms with Gasteiger partial charge in [-0.25, -0.2) is 9.78 Å². The summed E-state index contributed by atoms with van der Waals surface area (Å²) < 4.78 is 11.4. The van der Waals surface area contributed by atoms with Crippen molar-refractivity contribution in [3.63, 3.8) is 0 Å². The largest absolute Gasteiger partial charge is 0.482 e. The second kappa shape index (κ2) is 16.0. The van der Waals surface area contributed by atoms with Gasteiger partial charge in [-0.1, -0.05) is 0 Å². The molecular formula is C32H38N4O13. The molecule has 2 aromatic carbocycles. The van der Waals surface area contributed by atoms with E-state index < -0.39 is 75.1 Å². The van der Waals surface area contributed by atoms with E-state index in [-0.39, 0.29) is 48.5 Å². The first-order valence-corrected chi connectivity index (χ1v) is 15.1. The number of carboxylic acids is 1. The Bertz CT molecular complexity index is 1770. The Kier molecular flexibility index (Phi) is 12.0. The van der Waals surface area contributed by atoms with E-state index in [1.807, 2.05) is 0 Å². The first-order chi connectivity index (χ1) is 23.4. The molecule has 0 bridgehead atoms. The lowest BCUT2D eigenvalue weighted by Crippen LogP contribution is -2.57. The number of anilines is 1. The predicted molar refractivity (Wildman–Crippen MR) is 173 cm³/mol. The second-order valence-corrected chi connectivity index (χ2v) is 11.6. The van der Waals surface area contributed by atoms with Crippen molar-refractivity contribution in [1.29, 1.82) is 0 Å². The maximum Gasteiger partial charge on any atom is 0.341 e. The number of rotatable bonds is 18. The first kappa shape index (κ1) is 36.9. The predicted octanol–water partition coefficient (Wildman–Crippen LogP) is -1.84. The third kappa shape index (κ3) is 8.58. The van der Waals surface area contributed by atoms with Crippen LogP contribution in [0, 0.1) is 0 Å². The quantitative estimate of drug-likeness (QED) is 0.0411. The van der Waals surface area contributed by atoms with Crippen molar-refractivity contribution in [1.82, 2.24) is 15.6 Å². The van der Waals surface area contributed by atoms with Gasteiger partial charge in [-0.15, -0.1) is 0 Å². The van der Waals surface area contributed by atoms with Crippen molar-refractivity contribution in [2.45, 2.75) is 23.9 Å². The van der Waals surface area contributed by atoms with Gasteiger partial charge >= 0.3 is 5.97 Å². The highest BCUT2D eigenvalue weighted by atomic mass is 16.5. The number of hydrogen-bond acceptors (Lipinski definition) is 14. The van der Waals surface area contributed by atoms with Crippen LogP contribution in [0.25, 0.3) is 33.3 Å². The van der Waals surface area contributed by atoms with Crippen LogP contribution >= 0.6 is 0 Å². The number of aromatic nitrogens is 1. The maximum atomic E-state index is 12.9. The molecule has 2 aromatic rings. The fourth-order valence-corrected chi connectivity index (χ4v) is 4.97. The molecular weight excluding hydrogens is 648 g/mol. The van der Waals surface area contributed by atoms with Gasteiger partial charge in [0.15, 0.2) is 23.4 Å². The Morgan fingerprint density at radius 3 is 1.88 bits per heavy atom. The van der Waals surface area contributed by atoms with Crippen LogP contribution < -0.4 is 25.7 Å². The Morgan fingerprint density at radius 1 is 0.776 bits per heavy atom. The van der Waals surface area contributed by atoms with Crippen LogP contribution in [0.1, 0.15) is 12.8 Å². The average molecular weight is 687 g/mol. The van der Waals surface area contributed by atoms with Crippen LogP contribution in [0.2, 0.25) is 0 Å². The van der Waals surface area contributed by atoms with Crippen LogP contribution in [-0.2, 0) is 14.4 Å². The summed E-state index contributed by atoms with van der Waals surface area (Å²) in [5.74, 6) is -2.07. The first-order valence-electron chi connectivity index (χ1n) is 15.1. The van der Waals surface area contributed by atoms with Crippen molar-refractivity contribution in [2.75, 3.05) is 64.2 Å². The van der Waals surface area contributed by atoms with E-state index in [0.717, 1.165) is 0 Å². The van der Waals surface area contributed by atoms with Gasteiger partial charge in [-0.05, 0) is 30.3 Å². The minimum absolute atomic E-state index is 0.0103. The Balaban J connectivity index is 1.67. The average Bonchev–Trinajstić information content (AvgIpc) is 3.11. The van der Waals surface area contributed by atoms with Crippen molar-refractivity contribution < 1.29 is 59.3 Å². The molecule has 0 unspecified atom stereocenters. The van der Waals surface area contributed by atoms with Gasteiger partial charge in [0.05, 0.1) is 39.6 Å². The summed E-state index contributed by atoms with van der Waals surface area (Å²) in [5.41, 5.74) is -2.27. The molecule has 0 saturated heterocycles. The molecule has 17 nitrogen and oxygen atoms in total. The summed E-state index contributed by atoms with van der Waals surface area (Å²) >= 11 is 0. The maximum absolute atomic E-state index is 12.9. The number of nitrogens with one attached hydrogen (secondary N) is 2. The number of nitrogens with zero attached hydrogens (tertiary/aromatic N) is 2. The summed E-state index contributed by atoms with van der Waals surface area (Å²) in [4.78, 5) is 55.7. The van der Waals surface area contributed by atoms with Gasteiger partial charge in [0.25, 0.3) is 0 Å². The summed E-state index contributed by atoms with van der Waals surface area (Å²) in [6.45, 7) is -4.92. The number of aliphatic hydroxyl groups excluding tert-OH is 6. The van der Waals surface area contributed by atoms with Gasteiger partial charge < -0.3 is 60.4 Å². The van der Waals surface area contributed by atoms with E-state index >= 15 is 0 Å². The van der Waals surface area contributed by atoms with Crippen LogP contribution in [0.15, 0.2) is 51.7 Å². The van der Waals surface area contributed by atoms with E-state index in [2.05, 4.69) is 15.6 Å². The molecule has 1 aliphatic heterocycles. The molecule has 0 fully saturated rings. The molecule has 1 heterocycles. The van der Waals surface area contributed by atoms with E-state index in [4.69, 9.17) is 14.3 Å². The van der Waals surface area contributed by atoms with Crippen LogP contribution in [0.4, 0.5) is 5.69 Å². The summed E-state index contributed by atoms with van der Waals surface area (Å²) in [6, 6.07) is 10.6. The number of carbonyl (C=O) groups excluding carboxylic acids is 2. The zero-order valence-electron chi connectivity index (χ0n) is 26.3. The van der Waals surface area contributed by atoms with Crippen molar-refractivity contribution in [2.24, 2.45) is 0 Å². The Morgan fingerprint density at radius 2 is 1.35 bits per heavy atom. The van der Waals surface area contributed by atoms with Gasteiger partial charge in [0.2, 0.25) is 11.8 Å². The van der Waals surface area contributed by atoms with Gasteiger partial charge in [0.1, 0.15) is 28.0 Å². The van der Waals surface area contributed by atoms with Crippen molar-refractivity contribution in [3.8, 4) is 17.2 Å². The van der Waals surface area contributed by atoms with Crippen molar-refractivity contribution in [3.05, 3.63) is 52.7 Å². The van der Waals surface area contributed by atoms with Crippen LogP contribution in [0.5, 0.6) is 5.75 Å². The number of carboxylic acid groups (broad SMARTS) is 1. The number of aliphatic hydroxyl groups is 6. The molecule has 0 aromatic heterocycles. The SMILES string of the molecule is O=C(O)COc1ccc2c(=O)cc3oc4cc(N(CCC(=O)NC(CO)(CO)CO)CCC(=O)NC(CO)(CO)CO)ccc4nc-3c2c1. The molecule has 49 heavy (non-hydrogen) atoms. The zero-order chi connectivity index (χ0) is 35.8. The van der Waals surface area contributed by atoms with Gasteiger partial charge in [-0.2, -0.15) is 0 Å². The Labute approximate surface area is 278 Å². The highest BCUT2D eigenvalue weighted by Gasteiger charge is 2.31. The summed E-state index contributed by atoms with van der Waals surface area (Å²) in [5, 5.41) is 72.0. The minimum Gasteiger partial charge on any atom is -0.482 e. The normalized spacial score (nSPS) is 12.0. The number of aliphatic carboxylic acids is 1. The van der Waals surface area contributed by atoms with Gasteiger partial charge in [-0.3, -0.25) is 14.4 Å². The fraction of sp³-hybridized carbons (Fsp3) is 0.406. The molecule has 264 valence electrons. The fourth-order valence-electron chi connectivity index (χ4n) is 4.97. The molecule has 2 amide bonds. The van der Waals surface area contributed by atoms with Gasteiger partial charge in [0, 0.05) is 54.5 Å². The number of carbonyl (C=O) groups is 3. The molecule has 17 heteroatoms. The molecule has 4 rings (SSSR count). The van der Waals surface area contributed by atoms with E-state index in [1.54, 1.807) is 23.1 Å². The number of hydrogen-bond donors (Lipinski definition) is 9. The molecule has 0 radical (unpaired) electrons. The lowest BCUT2D eigenvalue weighted by atomic mass is 10.0. The summed E-state index contributed by atoms with van der Waals surface area (Å²) in [7, 11) is 0. The number of ether oxygens (including phenoxy) is 1. The Hall–Kier alpha value is -4.91. The van der Waals surface area contributed by atoms with E-state index in [0.29, 0.717) is 27.7 Å². The lowest BCUT2D eigenvalue weighted by molar-refractivity contribution is -0.139. The minimum atomic E-state index is -1.65. The third-order valence-corrected chi connectivity index (χ3v) is 7.97. The zero-order valence-corrected chi connectivity index (χ0v) is 26.3. The second-order valence-electron chi connectivity index (χ2n) is 11.6. The number of amides is 2. The highest BCUT2D eigenvalue weighted by molar-refractivity contribution is 5.97.